The lowest BCUT2D eigenvalue weighted by Crippen LogP contribution is -2.32. The van der Waals surface area contributed by atoms with E-state index in [-0.39, 0.29) is 17.9 Å². The van der Waals surface area contributed by atoms with E-state index >= 15 is 0 Å². The Morgan fingerprint density at radius 3 is 3.00 bits per heavy atom. The SMILES string of the molecule is CC(C)CCn1cc(C(=O)NCC2CCCC2O)nn1. The van der Waals surface area contributed by atoms with Gasteiger partial charge >= 0.3 is 0 Å². The van der Waals surface area contributed by atoms with Crippen molar-refractivity contribution in [3.63, 3.8) is 0 Å². The van der Waals surface area contributed by atoms with E-state index in [2.05, 4.69) is 29.5 Å². The van der Waals surface area contributed by atoms with Gasteiger partial charge in [0, 0.05) is 19.0 Å². The normalized spacial score (nSPS) is 22.4. The first-order chi connectivity index (χ1) is 9.56. The van der Waals surface area contributed by atoms with Crippen molar-refractivity contribution in [1.29, 1.82) is 0 Å². The smallest absolute Gasteiger partial charge is 0.273 e. The highest BCUT2D eigenvalue weighted by Crippen LogP contribution is 2.24. The summed E-state index contributed by atoms with van der Waals surface area (Å²) in [6, 6.07) is 0. The van der Waals surface area contributed by atoms with E-state index in [1.165, 1.54) is 0 Å². The molecule has 2 rings (SSSR count). The Hall–Kier alpha value is -1.43. The first-order valence-electron chi connectivity index (χ1n) is 7.42. The van der Waals surface area contributed by atoms with Crippen molar-refractivity contribution >= 4 is 5.91 Å². The number of nitrogens with one attached hydrogen (secondary N) is 1. The minimum Gasteiger partial charge on any atom is -0.393 e. The van der Waals surface area contributed by atoms with Crippen molar-refractivity contribution in [2.45, 2.75) is 52.2 Å². The van der Waals surface area contributed by atoms with Crippen LogP contribution in [0.1, 0.15) is 50.0 Å². The largest absolute Gasteiger partial charge is 0.393 e. The third-order valence-electron chi connectivity index (χ3n) is 3.85. The molecule has 1 aliphatic carbocycles. The molecule has 0 radical (unpaired) electrons. The van der Waals surface area contributed by atoms with Crippen molar-refractivity contribution in [3.05, 3.63) is 11.9 Å². The number of aromatic nitrogens is 3. The molecule has 0 bridgehead atoms. The van der Waals surface area contributed by atoms with Crippen molar-refractivity contribution < 1.29 is 9.90 Å². The zero-order valence-corrected chi connectivity index (χ0v) is 12.2. The number of rotatable bonds is 6. The van der Waals surface area contributed by atoms with E-state index in [0.29, 0.717) is 18.2 Å². The van der Waals surface area contributed by atoms with E-state index < -0.39 is 0 Å². The third kappa shape index (κ3) is 4.03. The van der Waals surface area contributed by atoms with E-state index in [0.717, 1.165) is 32.2 Å². The summed E-state index contributed by atoms with van der Waals surface area (Å²) in [5.74, 6) is 0.565. The lowest BCUT2D eigenvalue weighted by molar-refractivity contribution is 0.0912. The number of nitrogens with zero attached hydrogens (tertiary/aromatic N) is 3. The van der Waals surface area contributed by atoms with Crippen LogP contribution in [-0.2, 0) is 6.54 Å². The van der Waals surface area contributed by atoms with Crippen molar-refractivity contribution in [2.75, 3.05) is 6.54 Å². The van der Waals surface area contributed by atoms with Gasteiger partial charge in [0.1, 0.15) is 0 Å². The number of amides is 1. The maximum absolute atomic E-state index is 12.0. The van der Waals surface area contributed by atoms with Gasteiger partial charge in [0.15, 0.2) is 5.69 Å². The van der Waals surface area contributed by atoms with Gasteiger partial charge in [-0.15, -0.1) is 5.10 Å². The second-order valence-electron chi connectivity index (χ2n) is 6.02. The van der Waals surface area contributed by atoms with Gasteiger partial charge in [0.25, 0.3) is 5.91 Å². The number of carbonyl (C=O) groups is 1. The highest BCUT2D eigenvalue weighted by molar-refractivity contribution is 5.91. The van der Waals surface area contributed by atoms with Crippen LogP contribution < -0.4 is 5.32 Å². The summed E-state index contributed by atoms with van der Waals surface area (Å²) in [5, 5.41) is 20.4. The molecule has 6 nitrogen and oxygen atoms in total. The molecule has 112 valence electrons. The summed E-state index contributed by atoms with van der Waals surface area (Å²) in [7, 11) is 0. The van der Waals surface area contributed by atoms with E-state index in [4.69, 9.17) is 0 Å². The molecule has 1 saturated carbocycles. The van der Waals surface area contributed by atoms with Crippen LogP contribution in [0.25, 0.3) is 0 Å². The van der Waals surface area contributed by atoms with Crippen LogP contribution in [0, 0.1) is 11.8 Å². The van der Waals surface area contributed by atoms with Gasteiger partial charge in [-0.3, -0.25) is 9.48 Å². The number of hydrogen-bond donors (Lipinski definition) is 2. The molecule has 1 aliphatic rings. The fourth-order valence-electron chi connectivity index (χ4n) is 2.47. The first kappa shape index (κ1) is 15.0. The Kier molecular flexibility index (Phi) is 5.11. The summed E-state index contributed by atoms with van der Waals surface area (Å²) < 4.78 is 1.71. The summed E-state index contributed by atoms with van der Waals surface area (Å²) in [4.78, 5) is 12.0. The fourth-order valence-corrected chi connectivity index (χ4v) is 2.47. The van der Waals surface area contributed by atoms with Crippen LogP contribution in [-0.4, -0.2) is 38.7 Å². The summed E-state index contributed by atoms with van der Waals surface area (Å²) in [5.41, 5.74) is 0.348. The van der Waals surface area contributed by atoms with Gasteiger partial charge in [0.2, 0.25) is 0 Å². The second-order valence-corrected chi connectivity index (χ2v) is 6.02. The molecule has 0 aliphatic heterocycles. The molecule has 6 heteroatoms. The summed E-state index contributed by atoms with van der Waals surface area (Å²) in [6.07, 6.45) is 5.26. The third-order valence-corrected chi connectivity index (χ3v) is 3.85. The summed E-state index contributed by atoms with van der Waals surface area (Å²) >= 11 is 0. The Labute approximate surface area is 119 Å². The molecule has 1 aromatic heterocycles. The summed E-state index contributed by atoms with van der Waals surface area (Å²) in [6.45, 7) is 5.59. The molecule has 1 amide bonds. The van der Waals surface area contributed by atoms with Crippen LogP contribution in [0.5, 0.6) is 0 Å². The van der Waals surface area contributed by atoms with Crippen LogP contribution in [0.4, 0.5) is 0 Å². The zero-order valence-electron chi connectivity index (χ0n) is 12.2. The second kappa shape index (κ2) is 6.83. The first-order valence-corrected chi connectivity index (χ1v) is 7.42. The van der Waals surface area contributed by atoms with Crippen molar-refractivity contribution in [2.24, 2.45) is 11.8 Å². The molecular weight excluding hydrogens is 256 g/mol. The molecule has 2 atom stereocenters. The van der Waals surface area contributed by atoms with Crippen LogP contribution in [0.15, 0.2) is 6.20 Å². The van der Waals surface area contributed by atoms with Gasteiger partial charge in [-0.05, 0) is 25.2 Å². The van der Waals surface area contributed by atoms with Crippen LogP contribution in [0.3, 0.4) is 0 Å². The maximum Gasteiger partial charge on any atom is 0.273 e. The molecule has 0 spiro atoms. The Balaban J connectivity index is 1.80. The predicted molar refractivity (Wildman–Crippen MR) is 75.2 cm³/mol. The van der Waals surface area contributed by atoms with E-state index in [9.17, 15) is 9.90 Å². The highest BCUT2D eigenvalue weighted by Gasteiger charge is 2.25. The van der Waals surface area contributed by atoms with Gasteiger partial charge in [-0.25, -0.2) is 0 Å². The predicted octanol–water partition coefficient (Wildman–Crippen LogP) is 1.21. The number of carbonyl (C=O) groups excluding carboxylic acids is 1. The molecule has 1 aromatic rings. The molecule has 1 heterocycles. The average molecular weight is 280 g/mol. The van der Waals surface area contributed by atoms with Crippen molar-refractivity contribution in [3.8, 4) is 0 Å². The van der Waals surface area contributed by atoms with Crippen LogP contribution in [0.2, 0.25) is 0 Å². The molecule has 1 fully saturated rings. The van der Waals surface area contributed by atoms with E-state index in [1.54, 1.807) is 10.9 Å². The minimum atomic E-state index is -0.281. The fraction of sp³-hybridized carbons (Fsp3) is 0.786. The number of aliphatic hydroxyl groups is 1. The number of aryl methyl sites for hydroxylation is 1. The highest BCUT2D eigenvalue weighted by atomic mass is 16.3. The van der Waals surface area contributed by atoms with Gasteiger partial charge in [-0.2, -0.15) is 0 Å². The molecule has 2 unspecified atom stereocenters. The Morgan fingerprint density at radius 2 is 2.35 bits per heavy atom. The topological polar surface area (TPSA) is 80.0 Å². The van der Waals surface area contributed by atoms with Crippen molar-refractivity contribution in [1.82, 2.24) is 20.3 Å². The molecule has 0 aromatic carbocycles. The van der Waals surface area contributed by atoms with Crippen LogP contribution >= 0.6 is 0 Å². The molecule has 2 N–H and O–H groups in total. The molecule has 20 heavy (non-hydrogen) atoms. The molecular formula is C14H24N4O2. The lowest BCUT2D eigenvalue weighted by atomic mass is 10.1. The quantitative estimate of drug-likeness (QED) is 0.821. The lowest BCUT2D eigenvalue weighted by Gasteiger charge is -2.14. The van der Waals surface area contributed by atoms with Gasteiger partial charge in [-0.1, -0.05) is 25.5 Å². The maximum atomic E-state index is 12.0. The Morgan fingerprint density at radius 1 is 1.55 bits per heavy atom. The number of aliphatic hydroxyl groups excluding tert-OH is 1. The standard InChI is InChI=1S/C14H24N4O2/c1-10(2)6-7-18-9-12(16-17-18)14(20)15-8-11-4-3-5-13(11)19/h9-11,13,19H,3-8H2,1-2H3,(H,15,20). The van der Waals surface area contributed by atoms with E-state index in [1.807, 2.05) is 0 Å². The Bertz CT molecular complexity index is 444. The number of hydrogen-bond acceptors (Lipinski definition) is 4. The molecule has 0 saturated heterocycles. The van der Waals surface area contributed by atoms with Gasteiger partial charge in [0.05, 0.1) is 12.3 Å². The van der Waals surface area contributed by atoms with Gasteiger partial charge < -0.3 is 10.4 Å². The minimum absolute atomic E-state index is 0.176. The average Bonchev–Trinajstić information content (AvgIpc) is 3.02. The monoisotopic (exact) mass is 280 g/mol. The zero-order chi connectivity index (χ0) is 14.5.